The standard InChI is InChI=1S/C21H30N6O.2ClH/c28-21(16-26-12-11-23-14-19(26)18-7-4-9-22-13-18)25-20-8-10-24-27(20)15-17-5-2-1-3-6-17;;/h4,7-10,13,17,19,23H,1-3,5-6,11-12,14-16H2,(H,25,28);2*1H. The Morgan fingerprint density at radius 2 is 2.00 bits per heavy atom. The molecule has 2 fully saturated rings. The Morgan fingerprint density at radius 1 is 1.17 bits per heavy atom. The highest BCUT2D eigenvalue weighted by molar-refractivity contribution is 5.91. The van der Waals surface area contributed by atoms with Gasteiger partial charge < -0.3 is 10.6 Å². The molecule has 30 heavy (non-hydrogen) atoms. The SMILES string of the molecule is Cl.Cl.O=C(CN1CCNCC1c1cccnc1)Nc1ccnn1CC1CCCCC1. The van der Waals surface area contributed by atoms with Crippen molar-refractivity contribution in [3.63, 3.8) is 0 Å². The number of pyridine rings is 1. The Labute approximate surface area is 190 Å². The molecule has 1 unspecified atom stereocenters. The molecule has 2 aromatic rings. The Balaban J connectivity index is 0.00000160. The minimum Gasteiger partial charge on any atom is -0.314 e. The second-order valence-corrected chi connectivity index (χ2v) is 7.93. The van der Waals surface area contributed by atoms with Crippen molar-refractivity contribution in [2.24, 2.45) is 5.92 Å². The minimum atomic E-state index is 0. The maximum atomic E-state index is 12.8. The zero-order valence-corrected chi connectivity index (χ0v) is 18.8. The number of piperazine rings is 1. The van der Waals surface area contributed by atoms with Gasteiger partial charge in [0.05, 0.1) is 12.7 Å². The lowest BCUT2D eigenvalue weighted by Gasteiger charge is -2.35. The van der Waals surface area contributed by atoms with E-state index in [0.717, 1.165) is 37.6 Å². The van der Waals surface area contributed by atoms with Gasteiger partial charge in [-0.15, -0.1) is 24.8 Å². The molecule has 3 heterocycles. The first-order valence-corrected chi connectivity index (χ1v) is 10.5. The molecule has 0 bridgehead atoms. The van der Waals surface area contributed by atoms with Crippen LogP contribution >= 0.6 is 24.8 Å². The first kappa shape index (κ1) is 24.6. The van der Waals surface area contributed by atoms with Crippen molar-refractivity contribution >= 4 is 36.5 Å². The van der Waals surface area contributed by atoms with Gasteiger partial charge in [0.25, 0.3) is 0 Å². The molecule has 1 aliphatic carbocycles. The molecule has 1 amide bonds. The van der Waals surface area contributed by atoms with Crippen molar-refractivity contribution in [3.8, 4) is 0 Å². The molecule has 0 spiro atoms. The molecule has 0 radical (unpaired) electrons. The normalized spacial score (nSPS) is 20.1. The Kier molecular flexibility index (Phi) is 10.0. The number of aromatic nitrogens is 3. The maximum absolute atomic E-state index is 12.8. The molecule has 1 saturated carbocycles. The maximum Gasteiger partial charge on any atom is 0.239 e. The van der Waals surface area contributed by atoms with Gasteiger partial charge >= 0.3 is 0 Å². The highest BCUT2D eigenvalue weighted by Gasteiger charge is 2.26. The molecule has 1 atom stereocenters. The van der Waals surface area contributed by atoms with Crippen molar-refractivity contribution < 1.29 is 4.79 Å². The zero-order valence-electron chi connectivity index (χ0n) is 17.2. The van der Waals surface area contributed by atoms with E-state index in [9.17, 15) is 4.79 Å². The summed E-state index contributed by atoms with van der Waals surface area (Å²) < 4.78 is 1.96. The fourth-order valence-electron chi connectivity index (χ4n) is 4.40. The van der Waals surface area contributed by atoms with E-state index in [-0.39, 0.29) is 36.8 Å². The van der Waals surface area contributed by atoms with Gasteiger partial charge in [-0.05, 0) is 30.4 Å². The van der Waals surface area contributed by atoms with Gasteiger partial charge in [0.2, 0.25) is 5.91 Å². The van der Waals surface area contributed by atoms with Crippen molar-refractivity contribution in [1.29, 1.82) is 0 Å². The molecule has 2 aliphatic rings. The third kappa shape index (κ3) is 6.41. The molecule has 2 aromatic heterocycles. The van der Waals surface area contributed by atoms with Crippen LogP contribution in [0, 0.1) is 5.92 Å². The molecule has 2 N–H and O–H groups in total. The van der Waals surface area contributed by atoms with Crippen LogP contribution in [0.25, 0.3) is 0 Å². The summed E-state index contributed by atoms with van der Waals surface area (Å²) in [5.41, 5.74) is 1.14. The topological polar surface area (TPSA) is 75.1 Å². The van der Waals surface area contributed by atoms with E-state index in [1.165, 1.54) is 32.1 Å². The molecule has 1 aliphatic heterocycles. The van der Waals surface area contributed by atoms with Crippen molar-refractivity contribution in [2.75, 3.05) is 31.5 Å². The number of nitrogens with one attached hydrogen (secondary N) is 2. The monoisotopic (exact) mass is 454 g/mol. The number of anilines is 1. The van der Waals surface area contributed by atoms with Gasteiger partial charge in [-0.25, -0.2) is 4.68 Å². The molecule has 166 valence electrons. The van der Waals surface area contributed by atoms with Crippen LogP contribution in [0.3, 0.4) is 0 Å². The van der Waals surface area contributed by atoms with Crippen LogP contribution < -0.4 is 10.6 Å². The lowest BCUT2D eigenvalue weighted by Crippen LogP contribution is -2.48. The molecular formula is C21H32Cl2N6O. The predicted molar refractivity (Wildman–Crippen MR) is 123 cm³/mol. The summed E-state index contributed by atoms with van der Waals surface area (Å²) in [6.45, 7) is 3.83. The number of nitrogens with zero attached hydrogens (tertiary/aromatic N) is 4. The summed E-state index contributed by atoms with van der Waals surface area (Å²) in [5.74, 6) is 1.50. The van der Waals surface area contributed by atoms with Crippen LogP contribution in [0.5, 0.6) is 0 Å². The van der Waals surface area contributed by atoms with E-state index in [4.69, 9.17) is 0 Å². The Hall–Kier alpha value is -1.67. The van der Waals surface area contributed by atoms with Gasteiger partial charge in [-0.2, -0.15) is 5.10 Å². The van der Waals surface area contributed by atoms with E-state index in [2.05, 4.69) is 31.7 Å². The summed E-state index contributed by atoms with van der Waals surface area (Å²) in [6, 6.07) is 6.10. The van der Waals surface area contributed by atoms with E-state index >= 15 is 0 Å². The lowest BCUT2D eigenvalue weighted by atomic mass is 9.89. The molecule has 4 rings (SSSR count). The quantitative estimate of drug-likeness (QED) is 0.700. The summed E-state index contributed by atoms with van der Waals surface area (Å²) in [6.07, 6.45) is 12.0. The van der Waals surface area contributed by atoms with Gasteiger partial charge in [-0.1, -0.05) is 25.3 Å². The number of amides is 1. The van der Waals surface area contributed by atoms with Crippen LogP contribution in [0.1, 0.15) is 43.7 Å². The Morgan fingerprint density at radius 3 is 2.77 bits per heavy atom. The Bertz CT molecular complexity index is 766. The fraction of sp³-hybridized carbons (Fsp3) is 0.571. The molecule has 0 aromatic carbocycles. The zero-order chi connectivity index (χ0) is 19.2. The van der Waals surface area contributed by atoms with Crippen molar-refractivity contribution in [1.82, 2.24) is 25.0 Å². The third-order valence-electron chi connectivity index (χ3n) is 5.91. The number of hydrogen-bond donors (Lipinski definition) is 2. The number of hydrogen-bond acceptors (Lipinski definition) is 5. The summed E-state index contributed by atoms with van der Waals surface area (Å²) in [5, 5.41) is 10.9. The first-order chi connectivity index (χ1) is 13.8. The van der Waals surface area contributed by atoms with Gasteiger partial charge in [-0.3, -0.25) is 14.7 Å². The second kappa shape index (κ2) is 12.2. The van der Waals surface area contributed by atoms with Crippen LogP contribution in [0.2, 0.25) is 0 Å². The number of carbonyl (C=O) groups excluding carboxylic acids is 1. The fourth-order valence-corrected chi connectivity index (χ4v) is 4.40. The molecular weight excluding hydrogens is 423 g/mol. The van der Waals surface area contributed by atoms with Crippen LogP contribution in [-0.4, -0.2) is 51.8 Å². The number of rotatable bonds is 6. The largest absolute Gasteiger partial charge is 0.314 e. The average Bonchev–Trinajstić information content (AvgIpc) is 3.16. The average molecular weight is 455 g/mol. The van der Waals surface area contributed by atoms with Gasteiger partial charge in [0.1, 0.15) is 5.82 Å². The highest BCUT2D eigenvalue weighted by Crippen LogP contribution is 2.26. The van der Waals surface area contributed by atoms with E-state index in [1.54, 1.807) is 12.4 Å². The van der Waals surface area contributed by atoms with Crippen molar-refractivity contribution in [2.45, 2.75) is 44.7 Å². The lowest BCUT2D eigenvalue weighted by molar-refractivity contribution is -0.118. The van der Waals surface area contributed by atoms with E-state index in [0.29, 0.717) is 12.5 Å². The molecule has 9 heteroatoms. The minimum absolute atomic E-state index is 0. The highest BCUT2D eigenvalue weighted by atomic mass is 35.5. The number of halogens is 2. The van der Waals surface area contributed by atoms with Crippen molar-refractivity contribution in [3.05, 3.63) is 42.4 Å². The smallest absolute Gasteiger partial charge is 0.239 e. The van der Waals surface area contributed by atoms with Crippen LogP contribution in [0.15, 0.2) is 36.8 Å². The van der Waals surface area contributed by atoms with E-state index < -0.39 is 0 Å². The molecule has 1 saturated heterocycles. The van der Waals surface area contributed by atoms with E-state index in [1.807, 2.05) is 23.0 Å². The van der Waals surface area contributed by atoms with Crippen LogP contribution in [-0.2, 0) is 11.3 Å². The molecule has 7 nitrogen and oxygen atoms in total. The second-order valence-electron chi connectivity index (χ2n) is 7.93. The number of carbonyl (C=O) groups is 1. The van der Waals surface area contributed by atoms with Gasteiger partial charge in [0.15, 0.2) is 0 Å². The van der Waals surface area contributed by atoms with Crippen LogP contribution in [0.4, 0.5) is 5.82 Å². The summed E-state index contributed by atoms with van der Waals surface area (Å²) >= 11 is 0. The summed E-state index contributed by atoms with van der Waals surface area (Å²) in [4.78, 5) is 19.2. The van der Waals surface area contributed by atoms with Gasteiger partial charge in [0, 0.05) is 50.7 Å². The first-order valence-electron chi connectivity index (χ1n) is 10.5. The third-order valence-corrected chi connectivity index (χ3v) is 5.91. The predicted octanol–water partition coefficient (Wildman–Crippen LogP) is 3.29. The summed E-state index contributed by atoms with van der Waals surface area (Å²) in [7, 11) is 0.